The number of nitrogens with zero attached hydrogens (tertiary/aromatic N) is 1. The van der Waals surface area contributed by atoms with Crippen LogP contribution in [0.5, 0.6) is 0 Å². The Balaban J connectivity index is 2.20. The van der Waals surface area contributed by atoms with Gasteiger partial charge in [0.2, 0.25) is 0 Å². The maximum absolute atomic E-state index is 10.8. The topological polar surface area (TPSA) is 55.2 Å². The van der Waals surface area contributed by atoms with Crippen molar-refractivity contribution in [2.75, 3.05) is 5.32 Å². The maximum atomic E-state index is 10.8. The second-order valence-electron chi connectivity index (χ2n) is 4.63. The summed E-state index contributed by atoms with van der Waals surface area (Å²) in [5, 5.41) is 14.0. The molecule has 0 aliphatic rings. The normalized spacial score (nSPS) is 10.3. The molecule has 4 nitrogen and oxygen atoms in total. The van der Waals surface area contributed by atoms with Crippen LogP contribution in [0.2, 0.25) is 0 Å². The first-order valence-corrected chi connectivity index (χ1v) is 7.01. The first-order valence-electron chi connectivity index (χ1n) is 6.22. The zero-order valence-electron chi connectivity index (χ0n) is 11.3. The highest BCUT2D eigenvalue weighted by Crippen LogP contribution is 2.27. The van der Waals surface area contributed by atoms with E-state index in [0.717, 1.165) is 10.2 Å². The molecule has 2 aromatic carbocycles. The van der Waals surface area contributed by atoms with Gasteiger partial charge in [-0.2, -0.15) is 0 Å². The summed E-state index contributed by atoms with van der Waals surface area (Å²) in [6.07, 6.45) is 0. The Labute approximate surface area is 126 Å². The van der Waals surface area contributed by atoms with E-state index >= 15 is 0 Å². The third-order valence-electron chi connectivity index (χ3n) is 3.35. The molecule has 0 heterocycles. The Morgan fingerprint density at radius 2 is 2.00 bits per heavy atom. The van der Waals surface area contributed by atoms with Gasteiger partial charge in [0.15, 0.2) is 0 Å². The quantitative estimate of drug-likeness (QED) is 0.657. The number of anilines is 1. The van der Waals surface area contributed by atoms with Crippen molar-refractivity contribution >= 4 is 27.3 Å². The number of benzene rings is 2. The fourth-order valence-corrected chi connectivity index (χ4v) is 2.34. The van der Waals surface area contributed by atoms with Gasteiger partial charge in [-0.15, -0.1) is 0 Å². The Bertz CT molecular complexity index is 656. The Hall–Kier alpha value is -1.88. The Morgan fingerprint density at radius 3 is 2.70 bits per heavy atom. The molecule has 0 atom stereocenters. The van der Waals surface area contributed by atoms with Gasteiger partial charge < -0.3 is 5.32 Å². The summed E-state index contributed by atoms with van der Waals surface area (Å²) in [5.74, 6) is 0. The van der Waals surface area contributed by atoms with E-state index in [2.05, 4.69) is 47.2 Å². The van der Waals surface area contributed by atoms with E-state index in [9.17, 15) is 10.1 Å². The van der Waals surface area contributed by atoms with Crippen molar-refractivity contribution in [2.45, 2.75) is 20.4 Å². The van der Waals surface area contributed by atoms with E-state index in [4.69, 9.17) is 0 Å². The van der Waals surface area contributed by atoms with Crippen molar-refractivity contribution in [3.8, 4) is 0 Å². The molecular weight excluding hydrogens is 320 g/mol. The summed E-state index contributed by atoms with van der Waals surface area (Å²) in [5.41, 5.74) is 4.46. The van der Waals surface area contributed by atoms with E-state index in [1.165, 1.54) is 28.8 Å². The molecule has 20 heavy (non-hydrogen) atoms. The monoisotopic (exact) mass is 334 g/mol. The van der Waals surface area contributed by atoms with Crippen LogP contribution in [0.1, 0.15) is 16.7 Å². The first kappa shape index (κ1) is 14.5. The number of non-ortho nitro benzene ring substituents is 1. The molecular formula is C15H15BrN2O2. The van der Waals surface area contributed by atoms with Crippen molar-refractivity contribution < 1.29 is 4.92 Å². The minimum atomic E-state index is -0.393. The molecule has 0 spiro atoms. The molecule has 0 unspecified atom stereocenters. The molecule has 0 bridgehead atoms. The fourth-order valence-electron chi connectivity index (χ4n) is 1.96. The second kappa shape index (κ2) is 6.05. The van der Waals surface area contributed by atoms with Crippen molar-refractivity contribution in [1.29, 1.82) is 0 Å². The highest BCUT2D eigenvalue weighted by molar-refractivity contribution is 9.10. The summed E-state index contributed by atoms with van der Waals surface area (Å²) in [7, 11) is 0. The average molecular weight is 335 g/mol. The SMILES string of the molecule is Cc1cccc(CNc2cc([N+](=O)[O-])ccc2Br)c1C. The van der Waals surface area contributed by atoms with Gasteiger partial charge in [0.05, 0.1) is 10.6 Å². The summed E-state index contributed by atoms with van der Waals surface area (Å²) < 4.78 is 0.813. The van der Waals surface area contributed by atoms with Gasteiger partial charge >= 0.3 is 0 Å². The molecule has 2 aromatic rings. The molecule has 104 valence electrons. The van der Waals surface area contributed by atoms with Crippen LogP contribution in [0.15, 0.2) is 40.9 Å². The lowest BCUT2D eigenvalue weighted by Crippen LogP contribution is -2.03. The molecule has 0 saturated heterocycles. The Kier molecular flexibility index (Phi) is 4.39. The molecule has 0 amide bonds. The minimum absolute atomic E-state index is 0.0802. The lowest BCUT2D eigenvalue weighted by molar-refractivity contribution is -0.384. The zero-order chi connectivity index (χ0) is 14.7. The van der Waals surface area contributed by atoms with Crippen LogP contribution >= 0.6 is 15.9 Å². The molecule has 5 heteroatoms. The van der Waals surface area contributed by atoms with Crippen molar-refractivity contribution in [3.05, 3.63) is 67.7 Å². The summed E-state index contributed by atoms with van der Waals surface area (Å²) in [6.45, 7) is 4.78. The molecule has 0 fully saturated rings. The highest BCUT2D eigenvalue weighted by Gasteiger charge is 2.09. The third kappa shape index (κ3) is 3.17. The maximum Gasteiger partial charge on any atom is 0.271 e. The van der Waals surface area contributed by atoms with Gasteiger partial charge in [-0.1, -0.05) is 18.2 Å². The van der Waals surface area contributed by atoms with Crippen LogP contribution in [-0.2, 0) is 6.54 Å². The van der Waals surface area contributed by atoms with Crippen LogP contribution in [0.25, 0.3) is 0 Å². The van der Waals surface area contributed by atoms with Gasteiger partial charge in [-0.25, -0.2) is 0 Å². The Morgan fingerprint density at radius 1 is 1.25 bits per heavy atom. The van der Waals surface area contributed by atoms with E-state index in [-0.39, 0.29) is 5.69 Å². The lowest BCUT2D eigenvalue weighted by atomic mass is 10.0. The first-order chi connectivity index (χ1) is 9.49. The van der Waals surface area contributed by atoms with Crippen LogP contribution in [0.4, 0.5) is 11.4 Å². The van der Waals surface area contributed by atoms with E-state index < -0.39 is 4.92 Å². The number of rotatable bonds is 4. The van der Waals surface area contributed by atoms with Gasteiger partial charge in [0.1, 0.15) is 0 Å². The second-order valence-corrected chi connectivity index (χ2v) is 5.49. The number of hydrogen-bond acceptors (Lipinski definition) is 3. The number of nitro groups is 1. The number of halogens is 1. The van der Waals surface area contributed by atoms with Crippen LogP contribution < -0.4 is 5.32 Å². The number of nitro benzene ring substituents is 1. The van der Waals surface area contributed by atoms with Crippen LogP contribution in [-0.4, -0.2) is 4.92 Å². The molecule has 0 radical (unpaired) electrons. The van der Waals surface area contributed by atoms with Gasteiger partial charge in [0, 0.05) is 23.2 Å². The lowest BCUT2D eigenvalue weighted by Gasteiger charge is -2.12. The van der Waals surface area contributed by atoms with E-state index in [0.29, 0.717) is 6.54 Å². The third-order valence-corrected chi connectivity index (χ3v) is 4.04. The smallest absolute Gasteiger partial charge is 0.271 e. The fraction of sp³-hybridized carbons (Fsp3) is 0.200. The molecule has 2 rings (SSSR count). The predicted molar refractivity (Wildman–Crippen MR) is 84.0 cm³/mol. The molecule has 0 saturated carbocycles. The standard InChI is InChI=1S/C15H15BrN2O2/c1-10-4-3-5-12(11(10)2)9-17-15-8-13(18(19)20)6-7-14(15)16/h3-8,17H,9H2,1-2H3. The summed E-state index contributed by atoms with van der Waals surface area (Å²) >= 11 is 3.40. The van der Waals surface area contributed by atoms with Gasteiger partial charge in [-0.3, -0.25) is 10.1 Å². The molecule has 1 N–H and O–H groups in total. The van der Waals surface area contributed by atoms with Crippen molar-refractivity contribution in [3.63, 3.8) is 0 Å². The predicted octanol–water partition coefficient (Wildman–Crippen LogP) is 4.59. The molecule has 0 aliphatic heterocycles. The number of hydrogen-bond donors (Lipinski definition) is 1. The molecule has 0 aromatic heterocycles. The van der Waals surface area contributed by atoms with E-state index in [1.807, 2.05) is 6.07 Å². The number of nitrogens with one attached hydrogen (secondary N) is 1. The van der Waals surface area contributed by atoms with Gasteiger partial charge in [-0.05, 0) is 52.5 Å². The summed E-state index contributed by atoms with van der Waals surface area (Å²) in [4.78, 5) is 10.4. The average Bonchev–Trinajstić information content (AvgIpc) is 2.41. The highest BCUT2D eigenvalue weighted by atomic mass is 79.9. The van der Waals surface area contributed by atoms with Crippen LogP contribution in [0, 0.1) is 24.0 Å². The van der Waals surface area contributed by atoms with Crippen molar-refractivity contribution in [2.24, 2.45) is 0 Å². The zero-order valence-corrected chi connectivity index (χ0v) is 12.9. The van der Waals surface area contributed by atoms with E-state index in [1.54, 1.807) is 6.07 Å². The van der Waals surface area contributed by atoms with Crippen molar-refractivity contribution in [1.82, 2.24) is 0 Å². The number of aryl methyl sites for hydroxylation is 1. The van der Waals surface area contributed by atoms with Crippen LogP contribution in [0.3, 0.4) is 0 Å². The minimum Gasteiger partial charge on any atom is -0.380 e. The molecule has 0 aliphatic carbocycles. The van der Waals surface area contributed by atoms with Gasteiger partial charge in [0.25, 0.3) is 5.69 Å². The largest absolute Gasteiger partial charge is 0.380 e. The summed E-state index contributed by atoms with van der Waals surface area (Å²) in [6, 6.07) is 10.8.